The molecule has 5 nitrogen and oxygen atoms in total. The van der Waals surface area contributed by atoms with E-state index < -0.39 is 0 Å². The van der Waals surface area contributed by atoms with E-state index in [0.29, 0.717) is 11.4 Å². The van der Waals surface area contributed by atoms with Crippen molar-refractivity contribution in [1.82, 2.24) is 24.2 Å². The second-order valence-electron chi connectivity index (χ2n) is 7.19. The summed E-state index contributed by atoms with van der Waals surface area (Å²) in [5.41, 5.74) is 3.28. The molecule has 0 aliphatic carbocycles. The molecule has 0 radical (unpaired) electrons. The molecule has 0 bridgehead atoms. The Hall–Kier alpha value is -3.09. The average Bonchev–Trinajstić information content (AvgIpc) is 3.12. The van der Waals surface area contributed by atoms with Crippen molar-refractivity contribution >= 4 is 12.2 Å². The Labute approximate surface area is 182 Å². The molecule has 0 amide bonds. The first-order valence-corrected chi connectivity index (χ1v) is 10.6. The highest BCUT2D eigenvalue weighted by Gasteiger charge is 2.16. The lowest BCUT2D eigenvalue weighted by Crippen LogP contribution is -2.27. The zero-order chi connectivity index (χ0) is 20.8. The van der Waals surface area contributed by atoms with E-state index in [2.05, 4.69) is 53.2 Å². The van der Waals surface area contributed by atoms with Crippen LogP contribution in [0.5, 0.6) is 0 Å². The number of aromatic nitrogens is 4. The molecule has 4 rings (SSSR count). The minimum atomic E-state index is 0.638. The van der Waals surface area contributed by atoms with Gasteiger partial charge < -0.3 is 0 Å². The van der Waals surface area contributed by atoms with E-state index in [9.17, 15) is 0 Å². The first kappa shape index (κ1) is 20.2. The highest BCUT2D eigenvalue weighted by atomic mass is 32.1. The lowest BCUT2D eigenvalue weighted by molar-refractivity contribution is 0.197. The highest BCUT2D eigenvalue weighted by molar-refractivity contribution is 7.71. The first-order valence-electron chi connectivity index (χ1n) is 10.2. The molecule has 2 aromatic carbocycles. The van der Waals surface area contributed by atoms with Gasteiger partial charge in [0.05, 0.1) is 6.67 Å². The maximum Gasteiger partial charge on any atom is 0.204 e. The summed E-state index contributed by atoms with van der Waals surface area (Å²) < 4.78 is 4.65. The molecule has 0 saturated carbocycles. The Morgan fingerprint density at radius 3 is 2.23 bits per heavy atom. The van der Waals surface area contributed by atoms with Gasteiger partial charge in [0.15, 0.2) is 5.82 Å². The lowest BCUT2D eigenvalue weighted by Gasteiger charge is -2.21. The quantitative estimate of drug-likeness (QED) is 0.364. The summed E-state index contributed by atoms with van der Waals surface area (Å²) in [6.07, 6.45) is 4.63. The number of para-hydroxylation sites is 1. The third kappa shape index (κ3) is 4.56. The monoisotopic (exact) mass is 415 g/mol. The van der Waals surface area contributed by atoms with Gasteiger partial charge in [-0.05, 0) is 55.0 Å². The molecule has 0 spiro atoms. The maximum absolute atomic E-state index is 5.88. The normalized spacial score (nSPS) is 11.1. The fourth-order valence-corrected chi connectivity index (χ4v) is 3.84. The smallest absolute Gasteiger partial charge is 0.204 e. The molecule has 6 heteroatoms. The van der Waals surface area contributed by atoms with E-state index in [-0.39, 0.29) is 0 Å². The molecule has 0 aliphatic heterocycles. The van der Waals surface area contributed by atoms with E-state index in [1.807, 2.05) is 45.6 Å². The van der Waals surface area contributed by atoms with Crippen molar-refractivity contribution < 1.29 is 0 Å². The molecule has 4 aromatic rings. The van der Waals surface area contributed by atoms with Crippen molar-refractivity contribution in [3.05, 3.63) is 95.5 Å². The summed E-state index contributed by atoms with van der Waals surface area (Å²) in [7, 11) is 0. The number of benzene rings is 2. The van der Waals surface area contributed by atoms with Crippen LogP contribution in [0.4, 0.5) is 0 Å². The van der Waals surface area contributed by atoms with Crippen molar-refractivity contribution in [2.24, 2.45) is 0 Å². The maximum atomic E-state index is 5.88. The Morgan fingerprint density at radius 2 is 1.57 bits per heavy atom. The van der Waals surface area contributed by atoms with Gasteiger partial charge in [-0.25, -0.2) is 4.68 Å². The number of nitrogens with zero attached hydrogens (tertiary/aromatic N) is 5. The third-order valence-corrected chi connectivity index (χ3v) is 5.31. The Kier molecular flexibility index (Phi) is 6.47. The predicted octanol–water partition coefficient (Wildman–Crippen LogP) is 5.33. The van der Waals surface area contributed by atoms with Crippen LogP contribution in [0.3, 0.4) is 0 Å². The van der Waals surface area contributed by atoms with Crippen LogP contribution in [0.25, 0.3) is 17.1 Å². The molecule has 0 saturated heterocycles. The summed E-state index contributed by atoms with van der Waals surface area (Å²) in [4.78, 5) is 6.52. The summed E-state index contributed by atoms with van der Waals surface area (Å²) in [5, 5.41) is 4.93. The summed E-state index contributed by atoms with van der Waals surface area (Å²) >= 11 is 5.88. The summed E-state index contributed by atoms with van der Waals surface area (Å²) in [6.45, 7) is 4.67. The average molecular weight is 416 g/mol. The number of hydrogen-bond donors (Lipinski definition) is 0. The molecule has 0 atom stereocenters. The van der Waals surface area contributed by atoms with Gasteiger partial charge in [0.25, 0.3) is 0 Å². The largest absolute Gasteiger partial charge is 0.280 e. The Morgan fingerprint density at radius 1 is 0.900 bits per heavy atom. The first-order chi connectivity index (χ1) is 14.8. The van der Waals surface area contributed by atoms with Crippen LogP contribution < -0.4 is 0 Å². The van der Waals surface area contributed by atoms with E-state index in [1.54, 1.807) is 12.4 Å². The van der Waals surface area contributed by atoms with E-state index in [4.69, 9.17) is 17.3 Å². The molecule has 0 N–H and O–H groups in total. The lowest BCUT2D eigenvalue weighted by atomic mass is 10.2. The number of hydrogen-bond acceptors (Lipinski definition) is 4. The van der Waals surface area contributed by atoms with Gasteiger partial charge in [-0.15, -0.1) is 5.10 Å². The van der Waals surface area contributed by atoms with Gasteiger partial charge in [0.2, 0.25) is 4.77 Å². The van der Waals surface area contributed by atoms with Crippen LogP contribution in [-0.4, -0.2) is 30.8 Å². The van der Waals surface area contributed by atoms with Gasteiger partial charge >= 0.3 is 0 Å². The Bertz CT molecular complexity index is 1120. The fraction of sp³-hybridized carbons (Fsp3) is 0.208. The molecular formula is C24H25N5S. The van der Waals surface area contributed by atoms with Crippen LogP contribution in [0.2, 0.25) is 0 Å². The molecule has 152 valence electrons. The summed E-state index contributed by atoms with van der Waals surface area (Å²) in [6, 6.07) is 24.6. The zero-order valence-corrected chi connectivity index (χ0v) is 17.9. The van der Waals surface area contributed by atoms with Gasteiger partial charge in [-0.2, -0.15) is 0 Å². The molecular weight excluding hydrogens is 390 g/mol. The van der Waals surface area contributed by atoms with Crippen molar-refractivity contribution in [1.29, 1.82) is 0 Å². The third-order valence-electron chi connectivity index (χ3n) is 4.92. The summed E-state index contributed by atoms with van der Waals surface area (Å²) in [5.74, 6) is 0.824. The van der Waals surface area contributed by atoms with Crippen LogP contribution in [0, 0.1) is 4.77 Å². The number of rotatable bonds is 8. The van der Waals surface area contributed by atoms with Crippen LogP contribution >= 0.6 is 12.2 Å². The van der Waals surface area contributed by atoms with Crippen LogP contribution in [0.15, 0.2) is 85.2 Å². The van der Waals surface area contributed by atoms with Crippen molar-refractivity contribution in [3.8, 4) is 17.1 Å². The molecule has 0 aliphatic rings. The minimum Gasteiger partial charge on any atom is -0.280 e. The van der Waals surface area contributed by atoms with Crippen molar-refractivity contribution in [2.75, 3.05) is 6.54 Å². The molecule has 2 heterocycles. The predicted molar refractivity (Wildman–Crippen MR) is 123 cm³/mol. The fourth-order valence-electron chi connectivity index (χ4n) is 3.54. The second-order valence-corrected chi connectivity index (χ2v) is 7.56. The van der Waals surface area contributed by atoms with Gasteiger partial charge in [0.1, 0.15) is 0 Å². The van der Waals surface area contributed by atoms with Gasteiger partial charge in [-0.1, -0.05) is 55.5 Å². The number of pyridine rings is 1. The van der Waals surface area contributed by atoms with E-state index in [0.717, 1.165) is 36.6 Å². The standard InChI is InChI=1S/C24H25N5S/c1-2-17-27(18-20-9-5-3-6-10-20)19-28-24(30)29(22-11-7-4-8-12-22)23(26-28)21-13-15-25-16-14-21/h3-16H,2,17-19H2,1H3. The van der Waals surface area contributed by atoms with Crippen molar-refractivity contribution in [3.63, 3.8) is 0 Å². The van der Waals surface area contributed by atoms with Crippen LogP contribution in [-0.2, 0) is 13.2 Å². The minimum absolute atomic E-state index is 0.638. The Balaban J connectivity index is 1.73. The topological polar surface area (TPSA) is 38.9 Å². The van der Waals surface area contributed by atoms with Crippen molar-refractivity contribution in [2.45, 2.75) is 26.6 Å². The SMILES string of the molecule is CCCN(Cc1ccccc1)Cn1nc(-c2ccncc2)n(-c2ccccc2)c1=S. The molecule has 0 fully saturated rings. The van der Waals surface area contributed by atoms with Gasteiger partial charge in [-0.3, -0.25) is 14.5 Å². The second kappa shape index (κ2) is 9.61. The molecule has 0 unspecified atom stereocenters. The molecule has 30 heavy (non-hydrogen) atoms. The van der Waals surface area contributed by atoms with Gasteiger partial charge in [0, 0.05) is 30.2 Å². The molecule has 2 aromatic heterocycles. The van der Waals surface area contributed by atoms with E-state index in [1.165, 1.54) is 5.56 Å². The van der Waals surface area contributed by atoms with Crippen LogP contribution in [0.1, 0.15) is 18.9 Å². The zero-order valence-electron chi connectivity index (χ0n) is 17.1. The highest BCUT2D eigenvalue weighted by Crippen LogP contribution is 2.22. The van der Waals surface area contributed by atoms with E-state index >= 15 is 0 Å².